The molecule has 0 radical (unpaired) electrons. The number of hydrogen-bond donors (Lipinski definition) is 1. The molecule has 0 spiro atoms. The predicted molar refractivity (Wildman–Crippen MR) is 119 cm³/mol. The van der Waals surface area contributed by atoms with Gasteiger partial charge < -0.3 is 19.9 Å². The number of thioether (sulfide) groups is 1. The normalized spacial score (nSPS) is 26.0. The van der Waals surface area contributed by atoms with Gasteiger partial charge in [0.25, 0.3) is 0 Å². The topological polar surface area (TPSA) is 61.9 Å². The van der Waals surface area contributed by atoms with Crippen molar-refractivity contribution in [1.29, 1.82) is 0 Å². The molecule has 2 atom stereocenters. The summed E-state index contributed by atoms with van der Waals surface area (Å²) in [7, 11) is 0. The van der Waals surface area contributed by atoms with Crippen LogP contribution in [0.1, 0.15) is 18.4 Å². The van der Waals surface area contributed by atoms with E-state index < -0.39 is 10.9 Å². The van der Waals surface area contributed by atoms with Gasteiger partial charge in [-0.25, -0.2) is 0 Å². The number of anilines is 2. The lowest BCUT2D eigenvalue weighted by atomic mass is 10.0. The predicted octanol–water partition coefficient (Wildman–Crippen LogP) is 3.05. The Morgan fingerprint density at radius 3 is 2.53 bits per heavy atom. The summed E-state index contributed by atoms with van der Waals surface area (Å²) in [6.07, 6.45) is 1.23. The van der Waals surface area contributed by atoms with Crippen molar-refractivity contribution in [3.63, 3.8) is 0 Å². The van der Waals surface area contributed by atoms with Gasteiger partial charge in [-0.15, -0.1) is 11.8 Å². The van der Waals surface area contributed by atoms with Crippen molar-refractivity contribution in [3.05, 3.63) is 60.2 Å². The Hall–Kier alpha value is -2.51. The fourth-order valence-electron chi connectivity index (χ4n) is 4.64. The molecular formula is C23H25N3O3S. The van der Waals surface area contributed by atoms with Gasteiger partial charge in [0.1, 0.15) is 10.9 Å². The van der Waals surface area contributed by atoms with Crippen LogP contribution in [0.4, 0.5) is 11.4 Å². The first-order valence-electron chi connectivity index (χ1n) is 10.4. The molecule has 156 valence electrons. The Labute approximate surface area is 180 Å². The summed E-state index contributed by atoms with van der Waals surface area (Å²) in [5, 5.41) is 3.03. The van der Waals surface area contributed by atoms with Gasteiger partial charge >= 0.3 is 0 Å². The van der Waals surface area contributed by atoms with Crippen molar-refractivity contribution >= 4 is 35.0 Å². The Kier molecular flexibility index (Phi) is 5.16. The minimum Gasteiger partial charge on any atom is -0.378 e. The van der Waals surface area contributed by atoms with Crippen LogP contribution in [-0.2, 0) is 19.2 Å². The molecule has 7 heteroatoms. The van der Waals surface area contributed by atoms with Crippen LogP contribution in [-0.4, -0.2) is 54.8 Å². The van der Waals surface area contributed by atoms with Crippen LogP contribution in [0, 0.1) is 0 Å². The molecule has 2 amide bonds. The first-order valence-corrected chi connectivity index (χ1v) is 11.4. The van der Waals surface area contributed by atoms with Crippen LogP contribution in [0.5, 0.6) is 0 Å². The SMILES string of the molecule is O=C(Nc1ccc(N2CCOCC2)cc1)[C@H]1CS[C@@]2(c3ccccc3)CCC(=O)N12. The fourth-order valence-corrected chi connectivity index (χ4v) is 6.29. The molecule has 0 aromatic heterocycles. The van der Waals surface area contributed by atoms with Gasteiger partial charge in [-0.2, -0.15) is 0 Å². The average Bonchev–Trinajstić information content (AvgIpc) is 3.35. The molecule has 3 saturated heterocycles. The highest BCUT2D eigenvalue weighted by Crippen LogP contribution is 2.54. The van der Waals surface area contributed by atoms with E-state index in [1.54, 1.807) is 11.8 Å². The van der Waals surface area contributed by atoms with E-state index in [1.807, 2.05) is 47.4 Å². The number of morpholine rings is 1. The Bertz CT molecular complexity index is 930. The third-order valence-electron chi connectivity index (χ3n) is 6.17. The monoisotopic (exact) mass is 423 g/mol. The molecule has 3 aliphatic rings. The van der Waals surface area contributed by atoms with Gasteiger partial charge in [0.05, 0.1) is 13.2 Å². The van der Waals surface area contributed by atoms with Gasteiger partial charge in [0.15, 0.2) is 0 Å². The minimum absolute atomic E-state index is 0.0617. The lowest BCUT2D eigenvalue weighted by Crippen LogP contribution is -2.48. The summed E-state index contributed by atoms with van der Waals surface area (Å²) >= 11 is 1.71. The summed E-state index contributed by atoms with van der Waals surface area (Å²) < 4.78 is 5.40. The number of ether oxygens (including phenoxy) is 1. The van der Waals surface area contributed by atoms with E-state index in [4.69, 9.17) is 4.74 Å². The highest BCUT2D eigenvalue weighted by atomic mass is 32.2. The number of carbonyl (C=O) groups excluding carboxylic acids is 2. The van der Waals surface area contributed by atoms with Crippen molar-refractivity contribution in [3.8, 4) is 0 Å². The molecule has 3 fully saturated rings. The molecule has 1 N–H and O–H groups in total. The molecule has 2 aromatic rings. The smallest absolute Gasteiger partial charge is 0.248 e. The van der Waals surface area contributed by atoms with Gasteiger partial charge in [-0.3, -0.25) is 9.59 Å². The Morgan fingerprint density at radius 2 is 1.80 bits per heavy atom. The van der Waals surface area contributed by atoms with Gasteiger partial charge in [-0.05, 0) is 36.2 Å². The standard InChI is InChI=1S/C23H25N3O3S/c27-21-10-11-23(17-4-2-1-3-5-17)26(21)20(16-30-23)22(28)24-18-6-8-19(9-7-18)25-12-14-29-15-13-25/h1-9,20H,10-16H2,(H,24,28)/t20-,23-/m1/s1. The van der Waals surface area contributed by atoms with E-state index in [2.05, 4.69) is 22.3 Å². The van der Waals surface area contributed by atoms with Crippen molar-refractivity contribution in [2.45, 2.75) is 23.8 Å². The number of fused-ring (bicyclic) bond motifs is 1. The van der Waals surface area contributed by atoms with Crippen LogP contribution in [0.15, 0.2) is 54.6 Å². The Balaban J connectivity index is 1.31. The fraction of sp³-hybridized carbons (Fsp3) is 0.391. The van der Waals surface area contributed by atoms with Crippen molar-refractivity contribution in [2.24, 2.45) is 0 Å². The van der Waals surface area contributed by atoms with Gasteiger partial charge in [0, 0.05) is 36.6 Å². The molecular weight excluding hydrogens is 398 g/mol. The van der Waals surface area contributed by atoms with Gasteiger partial charge in [-0.1, -0.05) is 30.3 Å². The lowest BCUT2D eigenvalue weighted by molar-refractivity contribution is -0.136. The molecule has 30 heavy (non-hydrogen) atoms. The van der Waals surface area contributed by atoms with Crippen molar-refractivity contribution in [1.82, 2.24) is 4.90 Å². The molecule has 3 aliphatic heterocycles. The van der Waals surface area contributed by atoms with Crippen LogP contribution in [0.2, 0.25) is 0 Å². The second-order valence-electron chi connectivity index (χ2n) is 7.88. The summed E-state index contributed by atoms with van der Waals surface area (Å²) in [6.45, 7) is 3.24. The van der Waals surface area contributed by atoms with Crippen LogP contribution < -0.4 is 10.2 Å². The highest BCUT2D eigenvalue weighted by Gasteiger charge is 2.56. The second-order valence-corrected chi connectivity index (χ2v) is 9.17. The maximum atomic E-state index is 13.1. The largest absolute Gasteiger partial charge is 0.378 e. The zero-order valence-corrected chi connectivity index (χ0v) is 17.6. The van der Waals surface area contributed by atoms with Crippen LogP contribution in [0.3, 0.4) is 0 Å². The van der Waals surface area contributed by atoms with Gasteiger partial charge in [0.2, 0.25) is 11.8 Å². The zero-order chi connectivity index (χ0) is 20.6. The molecule has 6 nitrogen and oxygen atoms in total. The molecule has 0 aliphatic carbocycles. The van der Waals surface area contributed by atoms with E-state index in [-0.39, 0.29) is 11.8 Å². The molecule has 0 bridgehead atoms. The second kappa shape index (κ2) is 7.96. The third kappa shape index (κ3) is 3.36. The summed E-state index contributed by atoms with van der Waals surface area (Å²) in [5.74, 6) is 0.555. The first kappa shape index (κ1) is 19.5. The number of benzene rings is 2. The highest BCUT2D eigenvalue weighted by molar-refractivity contribution is 8.00. The van der Waals surface area contributed by atoms with Crippen LogP contribution >= 0.6 is 11.8 Å². The van der Waals surface area contributed by atoms with E-state index in [1.165, 1.54) is 0 Å². The van der Waals surface area contributed by atoms with E-state index in [0.717, 1.165) is 49.7 Å². The molecule has 0 unspecified atom stereocenters. The van der Waals surface area contributed by atoms with E-state index in [0.29, 0.717) is 12.2 Å². The molecule has 2 aromatic carbocycles. The summed E-state index contributed by atoms with van der Waals surface area (Å²) in [6, 6.07) is 17.5. The number of carbonyl (C=O) groups is 2. The quantitative estimate of drug-likeness (QED) is 0.819. The third-order valence-corrected chi connectivity index (χ3v) is 7.76. The lowest BCUT2D eigenvalue weighted by Gasteiger charge is -2.34. The number of nitrogens with one attached hydrogen (secondary N) is 1. The van der Waals surface area contributed by atoms with E-state index >= 15 is 0 Å². The molecule has 0 saturated carbocycles. The van der Waals surface area contributed by atoms with Crippen molar-refractivity contribution < 1.29 is 14.3 Å². The van der Waals surface area contributed by atoms with Crippen molar-refractivity contribution in [2.75, 3.05) is 42.3 Å². The number of nitrogens with zero attached hydrogens (tertiary/aromatic N) is 2. The van der Waals surface area contributed by atoms with E-state index in [9.17, 15) is 9.59 Å². The number of rotatable bonds is 4. The molecule has 5 rings (SSSR count). The number of hydrogen-bond acceptors (Lipinski definition) is 5. The minimum atomic E-state index is -0.455. The Morgan fingerprint density at radius 1 is 1.07 bits per heavy atom. The first-order chi connectivity index (χ1) is 14.7. The van der Waals surface area contributed by atoms with Crippen LogP contribution in [0.25, 0.3) is 0 Å². The summed E-state index contributed by atoms with van der Waals surface area (Å²) in [5.41, 5.74) is 2.99. The summed E-state index contributed by atoms with van der Waals surface area (Å²) in [4.78, 5) is 29.5. The average molecular weight is 424 g/mol. The molecule has 3 heterocycles. The zero-order valence-electron chi connectivity index (χ0n) is 16.8. The maximum absolute atomic E-state index is 13.1. The maximum Gasteiger partial charge on any atom is 0.248 e. The number of amides is 2.